The predicted molar refractivity (Wildman–Crippen MR) is 81.1 cm³/mol. The van der Waals surface area contributed by atoms with E-state index in [2.05, 4.69) is 10.3 Å². The van der Waals surface area contributed by atoms with Crippen molar-refractivity contribution in [2.75, 3.05) is 0 Å². The Morgan fingerprint density at radius 3 is 2.62 bits per heavy atom. The van der Waals surface area contributed by atoms with Crippen LogP contribution in [0.3, 0.4) is 0 Å². The van der Waals surface area contributed by atoms with Gasteiger partial charge < -0.3 is 15.4 Å². The zero-order chi connectivity index (χ0) is 15.6. The van der Waals surface area contributed by atoms with Gasteiger partial charge in [0, 0.05) is 22.6 Å². The highest BCUT2D eigenvalue weighted by atomic mass is 16.4. The fourth-order valence-electron chi connectivity index (χ4n) is 2.37. The number of hydrogen-bond donors (Lipinski definition) is 3. The Hall–Kier alpha value is -2.30. The fourth-order valence-corrected chi connectivity index (χ4v) is 2.37. The smallest absolute Gasteiger partial charge is 0.308 e. The highest BCUT2D eigenvalue weighted by Crippen LogP contribution is 2.22. The van der Waals surface area contributed by atoms with Crippen LogP contribution >= 0.6 is 0 Å². The lowest BCUT2D eigenvalue weighted by molar-refractivity contribution is -0.142. The largest absolute Gasteiger partial charge is 0.481 e. The molecule has 0 fully saturated rings. The Kier molecular flexibility index (Phi) is 4.31. The first-order valence-corrected chi connectivity index (χ1v) is 6.98. The molecule has 2 aromatic rings. The standard InChI is InChI=1S/C16H20N2O3/c1-9(16(20)21)10(2)18-15(19)8-13-11(3)17-14-7-5-4-6-12(13)14/h4-7,9-10,17H,8H2,1-3H3,(H,18,19)(H,20,21). The second-order valence-electron chi connectivity index (χ2n) is 5.43. The third-order valence-corrected chi connectivity index (χ3v) is 3.89. The van der Waals surface area contributed by atoms with Gasteiger partial charge in [0.25, 0.3) is 0 Å². The summed E-state index contributed by atoms with van der Waals surface area (Å²) >= 11 is 0. The number of aromatic amines is 1. The maximum absolute atomic E-state index is 12.1. The number of rotatable bonds is 5. The number of benzene rings is 1. The first-order valence-electron chi connectivity index (χ1n) is 6.98. The summed E-state index contributed by atoms with van der Waals surface area (Å²) in [6.07, 6.45) is 0.243. The summed E-state index contributed by atoms with van der Waals surface area (Å²) < 4.78 is 0. The number of carboxylic acid groups (broad SMARTS) is 1. The number of para-hydroxylation sites is 1. The minimum atomic E-state index is -0.911. The first-order chi connectivity index (χ1) is 9.90. The van der Waals surface area contributed by atoms with E-state index in [9.17, 15) is 9.59 Å². The number of nitrogens with one attached hydrogen (secondary N) is 2. The van der Waals surface area contributed by atoms with Crippen LogP contribution in [0, 0.1) is 12.8 Å². The quantitative estimate of drug-likeness (QED) is 0.789. The molecule has 5 nitrogen and oxygen atoms in total. The van der Waals surface area contributed by atoms with Crippen LogP contribution in [-0.2, 0) is 16.0 Å². The van der Waals surface area contributed by atoms with Crippen molar-refractivity contribution in [1.29, 1.82) is 0 Å². The minimum Gasteiger partial charge on any atom is -0.481 e. The van der Waals surface area contributed by atoms with E-state index in [4.69, 9.17) is 5.11 Å². The molecule has 0 aliphatic heterocycles. The summed E-state index contributed by atoms with van der Waals surface area (Å²) in [4.78, 5) is 26.3. The topological polar surface area (TPSA) is 82.2 Å². The van der Waals surface area contributed by atoms with Crippen molar-refractivity contribution in [3.05, 3.63) is 35.5 Å². The summed E-state index contributed by atoms with van der Waals surface area (Å²) in [7, 11) is 0. The molecule has 2 atom stereocenters. The molecule has 2 rings (SSSR count). The van der Waals surface area contributed by atoms with E-state index in [1.54, 1.807) is 13.8 Å². The minimum absolute atomic E-state index is 0.163. The molecule has 0 radical (unpaired) electrons. The van der Waals surface area contributed by atoms with Gasteiger partial charge in [0.1, 0.15) is 0 Å². The molecule has 0 aliphatic rings. The third kappa shape index (κ3) is 3.24. The van der Waals surface area contributed by atoms with Crippen LogP contribution in [-0.4, -0.2) is 28.0 Å². The molecule has 1 amide bonds. The highest BCUT2D eigenvalue weighted by Gasteiger charge is 2.21. The van der Waals surface area contributed by atoms with Crippen molar-refractivity contribution in [3.8, 4) is 0 Å². The lowest BCUT2D eigenvalue weighted by Gasteiger charge is -2.17. The van der Waals surface area contributed by atoms with Gasteiger partial charge in [-0.05, 0) is 32.4 Å². The number of carbonyl (C=O) groups excluding carboxylic acids is 1. The average Bonchev–Trinajstić information content (AvgIpc) is 2.74. The molecular weight excluding hydrogens is 268 g/mol. The molecule has 2 unspecified atom stereocenters. The van der Waals surface area contributed by atoms with Crippen molar-refractivity contribution < 1.29 is 14.7 Å². The van der Waals surface area contributed by atoms with E-state index < -0.39 is 17.9 Å². The van der Waals surface area contributed by atoms with Crippen molar-refractivity contribution in [2.24, 2.45) is 5.92 Å². The summed E-state index contributed by atoms with van der Waals surface area (Å²) in [5, 5.41) is 12.7. The Balaban J connectivity index is 2.12. The molecule has 5 heteroatoms. The number of fused-ring (bicyclic) bond motifs is 1. The maximum Gasteiger partial charge on any atom is 0.308 e. The number of carbonyl (C=O) groups is 2. The van der Waals surface area contributed by atoms with Gasteiger partial charge in [-0.1, -0.05) is 18.2 Å². The molecule has 3 N–H and O–H groups in total. The van der Waals surface area contributed by atoms with E-state index >= 15 is 0 Å². The highest BCUT2D eigenvalue weighted by molar-refractivity contribution is 5.90. The number of amides is 1. The second-order valence-corrected chi connectivity index (χ2v) is 5.43. The van der Waals surface area contributed by atoms with Gasteiger partial charge in [0.2, 0.25) is 5.91 Å². The van der Waals surface area contributed by atoms with Crippen LogP contribution in [0.5, 0.6) is 0 Å². The molecule has 0 bridgehead atoms. The molecule has 0 saturated carbocycles. The summed E-state index contributed by atoms with van der Waals surface area (Å²) in [6.45, 7) is 5.23. The van der Waals surface area contributed by atoms with Crippen LogP contribution in [0.1, 0.15) is 25.1 Å². The van der Waals surface area contributed by atoms with Crippen molar-refractivity contribution in [2.45, 2.75) is 33.2 Å². The normalized spacial score (nSPS) is 13.9. The van der Waals surface area contributed by atoms with E-state index in [0.717, 1.165) is 22.2 Å². The number of carboxylic acids is 1. The first kappa shape index (κ1) is 15.1. The van der Waals surface area contributed by atoms with E-state index in [1.807, 2.05) is 31.2 Å². The molecule has 21 heavy (non-hydrogen) atoms. The monoisotopic (exact) mass is 288 g/mol. The predicted octanol–water partition coefficient (Wildman–Crippen LogP) is 2.24. The van der Waals surface area contributed by atoms with Crippen LogP contribution in [0.15, 0.2) is 24.3 Å². The van der Waals surface area contributed by atoms with Gasteiger partial charge in [0.15, 0.2) is 0 Å². The van der Waals surface area contributed by atoms with Gasteiger partial charge in [0.05, 0.1) is 12.3 Å². The Morgan fingerprint density at radius 1 is 1.29 bits per heavy atom. The molecule has 0 saturated heterocycles. The van der Waals surface area contributed by atoms with E-state index in [1.165, 1.54) is 0 Å². The van der Waals surface area contributed by atoms with Crippen LogP contribution in [0.2, 0.25) is 0 Å². The van der Waals surface area contributed by atoms with Gasteiger partial charge in [-0.25, -0.2) is 0 Å². The van der Waals surface area contributed by atoms with Crippen molar-refractivity contribution in [3.63, 3.8) is 0 Å². The average molecular weight is 288 g/mol. The number of aliphatic carboxylic acids is 1. The Morgan fingerprint density at radius 2 is 1.95 bits per heavy atom. The van der Waals surface area contributed by atoms with Crippen LogP contribution < -0.4 is 5.32 Å². The van der Waals surface area contributed by atoms with Crippen molar-refractivity contribution >= 4 is 22.8 Å². The fraction of sp³-hybridized carbons (Fsp3) is 0.375. The summed E-state index contributed by atoms with van der Waals surface area (Å²) in [5.41, 5.74) is 2.92. The number of H-pyrrole nitrogens is 1. The molecule has 1 heterocycles. The Bertz CT molecular complexity index is 675. The lowest BCUT2D eigenvalue weighted by Crippen LogP contribution is -2.40. The SMILES string of the molecule is Cc1[nH]c2ccccc2c1CC(=O)NC(C)C(C)C(=O)O. The zero-order valence-corrected chi connectivity index (χ0v) is 12.4. The zero-order valence-electron chi connectivity index (χ0n) is 12.4. The van der Waals surface area contributed by atoms with Crippen molar-refractivity contribution in [1.82, 2.24) is 10.3 Å². The molecule has 1 aromatic carbocycles. The van der Waals surface area contributed by atoms with Crippen LogP contribution in [0.25, 0.3) is 10.9 Å². The number of aryl methyl sites for hydroxylation is 1. The Labute approximate surface area is 123 Å². The molecule has 0 aliphatic carbocycles. The molecule has 1 aromatic heterocycles. The number of hydrogen-bond acceptors (Lipinski definition) is 2. The van der Waals surface area contributed by atoms with Gasteiger partial charge in [-0.3, -0.25) is 9.59 Å². The maximum atomic E-state index is 12.1. The van der Waals surface area contributed by atoms with Gasteiger partial charge >= 0.3 is 5.97 Å². The molecular formula is C16H20N2O3. The van der Waals surface area contributed by atoms with Crippen LogP contribution in [0.4, 0.5) is 0 Å². The third-order valence-electron chi connectivity index (χ3n) is 3.89. The molecule has 112 valence electrons. The lowest BCUT2D eigenvalue weighted by atomic mass is 10.0. The van der Waals surface area contributed by atoms with E-state index in [-0.39, 0.29) is 12.3 Å². The summed E-state index contributed by atoms with van der Waals surface area (Å²) in [5.74, 6) is -1.69. The van der Waals surface area contributed by atoms with Gasteiger partial charge in [-0.2, -0.15) is 0 Å². The number of aromatic nitrogens is 1. The van der Waals surface area contributed by atoms with E-state index in [0.29, 0.717) is 0 Å². The molecule has 0 spiro atoms. The summed E-state index contributed by atoms with van der Waals surface area (Å²) in [6, 6.07) is 7.43. The van der Waals surface area contributed by atoms with Gasteiger partial charge in [-0.15, -0.1) is 0 Å². The second kappa shape index (κ2) is 5.99.